The number of carbonyl (C=O) groups excluding carboxylic acids is 1. The van der Waals surface area contributed by atoms with Gasteiger partial charge in [-0.25, -0.2) is 4.98 Å². The van der Waals surface area contributed by atoms with Gasteiger partial charge in [-0.15, -0.1) is 0 Å². The van der Waals surface area contributed by atoms with Crippen molar-refractivity contribution >= 4 is 39.8 Å². The molecule has 0 aliphatic carbocycles. The quantitative estimate of drug-likeness (QED) is 0.127. The largest absolute Gasteiger partial charge is 0.416 e. The molecule has 5 aromatic rings. The van der Waals surface area contributed by atoms with E-state index in [4.69, 9.17) is 0 Å². The highest BCUT2D eigenvalue weighted by atomic mass is 19.4. The highest BCUT2D eigenvalue weighted by molar-refractivity contribution is 6.04. The summed E-state index contributed by atoms with van der Waals surface area (Å²) in [7, 11) is 0. The SMILES string of the molecule is O=C(Nc1cccc(C(F)(F)F)c1)c1cccc(C#Cc2c[nH]c3nc(Nc4ccccc4[N+](=O)[O-])ccc23)c1. The molecular formula is C29H18F3N5O3. The minimum atomic E-state index is -4.52. The maximum absolute atomic E-state index is 13.0. The van der Waals surface area contributed by atoms with Crippen molar-refractivity contribution in [3.05, 3.63) is 123 Å². The smallest absolute Gasteiger partial charge is 0.345 e. The monoisotopic (exact) mass is 541 g/mol. The third-order valence-corrected chi connectivity index (χ3v) is 5.82. The lowest BCUT2D eigenvalue weighted by molar-refractivity contribution is -0.383. The normalized spacial score (nSPS) is 11.0. The van der Waals surface area contributed by atoms with Crippen LogP contribution in [-0.2, 0) is 6.18 Å². The number of anilines is 3. The lowest BCUT2D eigenvalue weighted by Gasteiger charge is -2.10. The van der Waals surface area contributed by atoms with Gasteiger partial charge in [-0.2, -0.15) is 13.2 Å². The van der Waals surface area contributed by atoms with Gasteiger partial charge in [0.15, 0.2) is 0 Å². The molecule has 0 aliphatic rings. The molecule has 40 heavy (non-hydrogen) atoms. The number of benzene rings is 3. The van der Waals surface area contributed by atoms with Crippen molar-refractivity contribution in [2.24, 2.45) is 0 Å². The van der Waals surface area contributed by atoms with Gasteiger partial charge in [-0.1, -0.05) is 36.1 Å². The number of pyridine rings is 1. The summed E-state index contributed by atoms with van der Waals surface area (Å²) >= 11 is 0. The van der Waals surface area contributed by atoms with Crippen molar-refractivity contribution in [2.75, 3.05) is 10.6 Å². The number of nitrogens with zero attached hydrogens (tertiary/aromatic N) is 2. The minimum absolute atomic E-state index is 0.0262. The van der Waals surface area contributed by atoms with Gasteiger partial charge in [0.25, 0.3) is 11.6 Å². The molecule has 0 bridgehead atoms. The molecule has 11 heteroatoms. The molecule has 0 atom stereocenters. The topological polar surface area (TPSA) is 113 Å². The van der Waals surface area contributed by atoms with E-state index in [1.165, 1.54) is 30.3 Å². The number of halogens is 3. The number of rotatable bonds is 5. The first-order chi connectivity index (χ1) is 19.2. The molecule has 0 fully saturated rings. The second kappa shape index (κ2) is 10.6. The summed E-state index contributed by atoms with van der Waals surface area (Å²) in [5, 5.41) is 17.4. The maximum Gasteiger partial charge on any atom is 0.416 e. The van der Waals surface area contributed by atoms with Gasteiger partial charge in [0.2, 0.25) is 0 Å². The number of para-hydroxylation sites is 2. The number of nitro groups is 1. The second-order valence-corrected chi connectivity index (χ2v) is 8.56. The fourth-order valence-corrected chi connectivity index (χ4v) is 3.91. The summed E-state index contributed by atoms with van der Waals surface area (Å²) in [6, 6.07) is 20.5. The van der Waals surface area contributed by atoms with Gasteiger partial charge in [0.05, 0.1) is 16.1 Å². The number of nitrogens with one attached hydrogen (secondary N) is 3. The van der Waals surface area contributed by atoms with E-state index in [0.29, 0.717) is 28.3 Å². The third kappa shape index (κ3) is 5.76. The summed E-state index contributed by atoms with van der Waals surface area (Å²) in [5.74, 6) is 5.85. The molecule has 0 saturated carbocycles. The Morgan fingerprint density at radius 1 is 0.950 bits per heavy atom. The number of fused-ring (bicyclic) bond motifs is 1. The first-order valence-corrected chi connectivity index (χ1v) is 11.8. The zero-order chi connectivity index (χ0) is 28.3. The Balaban J connectivity index is 1.33. The van der Waals surface area contributed by atoms with E-state index in [-0.39, 0.29) is 16.9 Å². The van der Waals surface area contributed by atoms with Gasteiger partial charge in [0.1, 0.15) is 17.2 Å². The lowest BCUT2D eigenvalue weighted by Crippen LogP contribution is -2.13. The molecule has 2 heterocycles. The summed E-state index contributed by atoms with van der Waals surface area (Å²) in [6.07, 6.45) is -2.85. The molecule has 198 valence electrons. The van der Waals surface area contributed by atoms with E-state index < -0.39 is 22.6 Å². The van der Waals surface area contributed by atoms with Crippen LogP contribution in [0.15, 0.2) is 91.1 Å². The fraction of sp³-hybridized carbons (Fsp3) is 0.0345. The van der Waals surface area contributed by atoms with E-state index >= 15 is 0 Å². The first kappa shape index (κ1) is 26.0. The number of nitro benzene ring substituents is 1. The second-order valence-electron chi connectivity index (χ2n) is 8.56. The van der Waals surface area contributed by atoms with Crippen LogP contribution in [0.1, 0.15) is 27.0 Å². The average molecular weight is 541 g/mol. The molecule has 0 radical (unpaired) electrons. The Labute approximate surface area is 225 Å². The van der Waals surface area contributed by atoms with Crippen LogP contribution in [0.3, 0.4) is 0 Å². The Morgan fingerprint density at radius 2 is 1.75 bits per heavy atom. The maximum atomic E-state index is 13.0. The predicted molar refractivity (Wildman–Crippen MR) is 144 cm³/mol. The lowest BCUT2D eigenvalue weighted by atomic mass is 10.1. The van der Waals surface area contributed by atoms with Crippen molar-refractivity contribution in [1.29, 1.82) is 0 Å². The molecule has 0 spiro atoms. The molecule has 0 saturated heterocycles. The van der Waals surface area contributed by atoms with Crippen molar-refractivity contribution in [3.8, 4) is 11.8 Å². The van der Waals surface area contributed by atoms with Gasteiger partial charge in [-0.3, -0.25) is 14.9 Å². The van der Waals surface area contributed by atoms with Crippen molar-refractivity contribution in [2.45, 2.75) is 6.18 Å². The van der Waals surface area contributed by atoms with Gasteiger partial charge in [-0.05, 0) is 54.6 Å². The molecule has 8 nitrogen and oxygen atoms in total. The minimum Gasteiger partial charge on any atom is -0.345 e. The summed E-state index contributed by atoms with van der Waals surface area (Å²) in [4.78, 5) is 30.9. The Hall–Kier alpha value is -5.63. The highest BCUT2D eigenvalue weighted by Crippen LogP contribution is 2.31. The number of amides is 1. The molecule has 3 N–H and O–H groups in total. The number of carbonyl (C=O) groups is 1. The van der Waals surface area contributed by atoms with Crippen LogP contribution in [-0.4, -0.2) is 20.8 Å². The van der Waals surface area contributed by atoms with Crippen LogP contribution in [0.5, 0.6) is 0 Å². The van der Waals surface area contributed by atoms with Crippen molar-refractivity contribution in [1.82, 2.24) is 9.97 Å². The van der Waals surface area contributed by atoms with E-state index in [1.54, 1.807) is 48.7 Å². The number of aromatic nitrogens is 2. The zero-order valence-corrected chi connectivity index (χ0v) is 20.4. The fourth-order valence-electron chi connectivity index (χ4n) is 3.91. The van der Waals surface area contributed by atoms with Crippen LogP contribution in [0.4, 0.5) is 36.1 Å². The van der Waals surface area contributed by atoms with Crippen molar-refractivity contribution < 1.29 is 22.9 Å². The van der Waals surface area contributed by atoms with Crippen LogP contribution in [0.25, 0.3) is 11.0 Å². The van der Waals surface area contributed by atoms with E-state index in [9.17, 15) is 28.1 Å². The molecule has 1 amide bonds. The zero-order valence-electron chi connectivity index (χ0n) is 20.4. The number of aromatic amines is 1. The van der Waals surface area contributed by atoms with E-state index in [2.05, 4.69) is 32.4 Å². The van der Waals surface area contributed by atoms with E-state index in [0.717, 1.165) is 17.5 Å². The number of hydrogen-bond donors (Lipinski definition) is 3. The van der Waals surface area contributed by atoms with Gasteiger partial charge >= 0.3 is 6.18 Å². The summed E-state index contributed by atoms with van der Waals surface area (Å²) in [5.41, 5.74) is 1.31. The number of hydrogen-bond acceptors (Lipinski definition) is 5. The Bertz CT molecular complexity index is 1820. The number of alkyl halides is 3. The standard InChI is InChI=1S/C29H18F3N5O3/c30-29(31,32)21-7-4-8-22(16-21)34-28(38)19-6-3-5-18(15-19)11-12-20-17-33-27-23(20)13-14-26(36-27)35-24-9-1-2-10-25(24)37(39)40/h1-10,13-17H,(H,34,38)(H2,33,35,36). The molecule has 0 aliphatic heterocycles. The molecule has 2 aromatic heterocycles. The first-order valence-electron chi connectivity index (χ1n) is 11.8. The van der Waals surface area contributed by atoms with Gasteiger partial charge < -0.3 is 15.6 Å². The predicted octanol–water partition coefficient (Wildman–Crippen LogP) is 6.89. The van der Waals surface area contributed by atoms with Crippen LogP contribution in [0, 0.1) is 22.0 Å². The summed E-state index contributed by atoms with van der Waals surface area (Å²) in [6.45, 7) is 0. The average Bonchev–Trinajstić information content (AvgIpc) is 3.34. The van der Waals surface area contributed by atoms with Crippen LogP contribution >= 0.6 is 0 Å². The van der Waals surface area contributed by atoms with Crippen molar-refractivity contribution in [3.63, 3.8) is 0 Å². The van der Waals surface area contributed by atoms with Gasteiger partial charge in [0, 0.05) is 34.5 Å². The molecular weight excluding hydrogens is 523 g/mol. The highest BCUT2D eigenvalue weighted by Gasteiger charge is 2.30. The summed E-state index contributed by atoms with van der Waals surface area (Å²) < 4.78 is 38.9. The Kier molecular flexibility index (Phi) is 6.90. The number of H-pyrrole nitrogens is 1. The van der Waals surface area contributed by atoms with E-state index in [1.807, 2.05) is 0 Å². The van der Waals surface area contributed by atoms with Crippen LogP contribution < -0.4 is 10.6 Å². The molecule has 3 aromatic carbocycles. The third-order valence-electron chi connectivity index (χ3n) is 5.82. The Morgan fingerprint density at radius 3 is 2.55 bits per heavy atom. The van der Waals surface area contributed by atoms with Crippen LogP contribution in [0.2, 0.25) is 0 Å². The molecule has 5 rings (SSSR count). The molecule has 0 unspecified atom stereocenters.